The van der Waals surface area contributed by atoms with Crippen LogP contribution in [0.4, 0.5) is 5.69 Å². The fourth-order valence-electron chi connectivity index (χ4n) is 3.05. The Kier molecular flexibility index (Phi) is 4.21. The molecule has 0 atom stereocenters. The zero-order valence-electron chi connectivity index (χ0n) is 14.0. The van der Waals surface area contributed by atoms with Gasteiger partial charge in [-0.05, 0) is 70.6 Å². The van der Waals surface area contributed by atoms with Crippen LogP contribution in [0.3, 0.4) is 0 Å². The molecule has 0 N–H and O–H groups in total. The highest BCUT2D eigenvalue weighted by atomic mass is 35.5. The molecule has 0 amide bonds. The average molecular weight is 322 g/mol. The molecule has 1 aromatic rings. The van der Waals surface area contributed by atoms with Crippen LogP contribution in [-0.4, -0.2) is 31.4 Å². The zero-order chi connectivity index (χ0) is 16.0. The van der Waals surface area contributed by atoms with Gasteiger partial charge in [0.1, 0.15) is 0 Å². The summed E-state index contributed by atoms with van der Waals surface area (Å²) in [6.45, 7) is 10.5. The summed E-state index contributed by atoms with van der Waals surface area (Å²) in [6, 6.07) is 6.16. The first kappa shape index (κ1) is 16.2. The molecule has 5 heteroatoms. The molecule has 0 unspecified atom stereocenters. The number of nitrogens with zero attached hydrogens (tertiary/aromatic N) is 1. The largest absolute Gasteiger partial charge is 0.494 e. The molecule has 0 aromatic heterocycles. The number of anilines is 1. The van der Waals surface area contributed by atoms with E-state index in [0.29, 0.717) is 0 Å². The Morgan fingerprint density at radius 3 is 2.14 bits per heavy atom. The maximum absolute atomic E-state index is 6.35. The van der Waals surface area contributed by atoms with Crippen LogP contribution in [-0.2, 0) is 9.31 Å². The van der Waals surface area contributed by atoms with Gasteiger partial charge in [-0.25, -0.2) is 0 Å². The second kappa shape index (κ2) is 5.74. The fraction of sp³-hybridized carbons (Fsp3) is 0.647. The highest BCUT2D eigenvalue weighted by Crippen LogP contribution is 2.37. The molecule has 2 aliphatic rings. The molecule has 0 aliphatic carbocycles. The van der Waals surface area contributed by atoms with Gasteiger partial charge in [0.05, 0.1) is 11.2 Å². The molecule has 1 aromatic carbocycles. The molecule has 3 rings (SSSR count). The van der Waals surface area contributed by atoms with E-state index in [1.807, 2.05) is 12.1 Å². The maximum Gasteiger partial charge on any atom is 0.494 e. The zero-order valence-corrected chi connectivity index (χ0v) is 14.7. The van der Waals surface area contributed by atoms with Crippen molar-refractivity contribution >= 4 is 29.9 Å². The van der Waals surface area contributed by atoms with Crippen molar-refractivity contribution < 1.29 is 9.31 Å². The molecular weight excluding hydrogens is 296 g/mol. The van der Waals surface area contributed by atoms with Crippen LogP contribution < -0.4 is 10.4 Å². The second-order valence-corrected chi connectivity index (χ2v) is 7.82. The van der Waals surface area contributed by atoms with Crippen molar-refractivity contribution in [1.82, 2.24) is 0 Å². The van der Waals surface area contributed by atoms with Gasteiger partial charge < -0.3 is 14.2 Å². The summed E-state index contributed by atoms with van der Waals surface area (Å²) in [6.07, 6.45) is 3.82. The molecule has 2 fully saturated rings. The van der Waals surface area contributed by atoms with Crippen molar-refractivity contribution in [2.45, 2.75) is 58.2 Å². The quantitative estimate of drug-likeness (QED) is 0.776. The molecule has 0 bridgehead atoms. The molecule has 2 saturated heterocycles. The predicted octanol–water partition coefficient (Wildman–Crippen LogP) is 3.63. The molecule has 22 heavy (non-hydrogen) atoms. The first-order valence-corrected chi connectivity index (χ1v) is 8.57. The minimum atomic E-state index is -0.354. The smallest absolute Gasteiger partial charge is 0.399 e. The van der Waals surface area contributed by atoms with Gasteiger partial charge in [-0.3, -0.25) is 0 Å². The first-order valence-electron chi connectivity index (χ1n) is 8.20. The minimum Gasteiger partial charge on any atom is -0.399 e. The van der Waals surface area contributed by atoms with Crippen LogP contribution in [0.15, 0.2) is 18.2 Å². The molecule has 0 radical (unpaired) electrons. The lowest BCUT2D eigenvalue weighted by Crippen LogP contribution is -2.41. The van der Waals surface area contributed by atoms with Gasteiger partial charge in [-0.1, -0.05) is 11.6 Å². The Balaban J connectivity index is 1.87. The van der Waals surface area contributed by atoms with Crippen molar-refractivity contribution in [3.63, 3.8) is 0 Å². The van der Waals surface area contributed by atoms with Gasteiger partial charge in [0.25, 0.3) is 0 Å². The summed E-state index contributed by atoms with van der Waals surface area (Å²) in [5, 5.41) is 0.743. The summed E-state index contributed by atoms with van der Waals surface area (Å²) < 4.78 is 12.3. The Labute approximate surface area is 139 Å². The highest BCUT2D eigenvalue weighted by molar-refractivity contribution is 6.62. The van der Waals surface area contributed by atoms with Crippen molar-refractivity contribution in [2.75, 3.05) is 18.0 Å². The van der Waals surface area contributed by atoms with E-state index in [1.54, 1.807) is 0 Å². The third-order valence-corrected chi connectivity index (χ3v) is 5.37. The summed E-state index contributed by atoms with van der Waals surface area (Å²) in [5.74, 6) is 0. The average Bonchev–Trinajstić information content (AvgIpc) is 2.68. The Morgan fingerprint density at radius 2 is 1.55 bits per heavy atom. The standard InChI is InChI=1S/C17H25BClNO2/c1-16(2)17(3,4)22-18(21-16)13-10-14(19)12-15(11-13)20-8-6-5-7-9-20/h10-12H,5-9H2,1-4H3. The second-order valence-electron chi connectivity index (χ2n) is 7.38. The Bertz CT molecular complexity index is 540. The summed E-state index contributed by atoms with van der Waals surface area (Å²) in [5.41, 5.74) is 1.53. The molecule has 120 valence electrons. The molecule has 0 spiro atoms. The molecule has 2 aliphatic heterocycles. The van der Waals surface area contributed by atoms with E-state index >= 15 is 0 Å². The van der Waals surface area contributed by atoms with Crippen molar-refractivity contribution in [1.29, 1.82) is 0 Å². The number of halogens is 1. The number of benzene rings is 1. The van der Waals surface area contributed by atoms with Crippen molar-refractivity contribution in [3.8, 4) is 0 Å². The topological polar surface area (TPSA) is 21.7 Å². The van der Waals surface area contributed by atoms with Gasteiger partial charge >= 0.3 is 7.12 Å². The van der Waals surface area contributed by atoms with Gasteiger partial charge in [0.15, 0.2) is 0 Å². The van der Waals surface area contributed by atoms with Gasteiger partial charge in [-0.2, -0.15) is 0 Å². The Morgan fingerprint density at radius 1 is 0.955 bits per heavy atom. The maximum atomic E-state index is 6.35. The monoisotopic (exact) mass is 321 g/mol. The first-order chi connectivity index (χ1) is 10.3. The van der Waals surface area contributed by atoms with Crippen molar-refractivity contribution in [2.24, 2.45) is 0 Å². The molecular formula is C17H25BClNO2. The molecule has 0 saturated carbocycles. The lowest BCUT2D eigenvalue weighted by Gasteiger charge is -2.32. The van der Waals surface area contributed by atoms with E-state index in [1.165, 1.54) is 24.9 Å². The summed E-state index contributed by atoms with van der Waals surface area (Å²) in [7, 11) is -0.354. The third-order valence-electron chi connectivity index (χ3n) is 5.15. The fourth-order valence-corrected chi connectivity index (χ4v) is 3.28. The van der Waals surface area contributed by atoms with E-state index in [-0.39, 0.29) is 18.3 Å². The van der Waals surface area contributed by atoms with E-state index in [0.717, 1.165) is 23.6 Å². The summed E-state index contributed by atoms with van der Waals surface area (Å²) in [4.78, 5) is 2.41. The third kappa shape index (κ3) is 3.01. The number of hydrogen-bond acceptors (Lipinski definition) is 3. The van der Waals surface area contributed by atoms with Gasteiger partial charge in [0.2, 0.25) is 0 Å². The minimum absolute atomic E-state index is 0.328. The van der Waals surface area contributed by atoms with Crippen LogP contribution in [0.5, 0.6) is 0 Å². The van der Waals surface area contributed by atoms with Crippen LogP contribution in [0, 0.1) is 0 Å². The highest BCUT2D eigenvalue weighted by Gasteiger charge is 2.51. The SMILES string of the molecule is CC1(C)OB(c2cc(Cl)cc(N3CCCCC3)c2)OC1(C)C. The van der Waals surface area contributed by atoms with Crippen molar-refractivity contribution in [3.05, 3.63) is 23.2 Å². The van der Waals surface area contributed by atoms with E-state index in [4.69, 9.17) is 20.9 Å². The molecule has 3 nitrogen and oxygen atoms in total. The van der Waals surface area contributed by atoms with Gasteiger partial charge in [0, 0.05) is 23.8 Å². The van der Waals surface area contributed by atoms with Crippen LogP contribution in [0.2, 0.25) is 5.02 Å². The van der Waals surface area contributed by atoms with Gasteiger partial charge in [-0.15, -0.1) is 0 Å². The lowest BCUT2D eigenvalue weighted by atomic mass is 9.79. The normalized spacial score (nSPS) is 23.9. The number of piperidine rings is 1. The van der Waals surface area contributed by atoms with E-state index in [9.17, 15) is 0 Å². The van der Waals surface area contributed by atoms with Crippen LogP contribution >= 0.6 is 11.6 Å². The molecule has 2 heterocycles. The van der Waals surface area contributed by atoms with Crippen LogP contribution in [0.25, 0.3) is 0 Å². The van der Waals surface area contributed by atoms with E-state index < -0.39 is 0 Å². The number of rotatable bonds is 2. The number of hydrogen-bond donors (Lipinski definition) is 0. The Hall–Kier alpha value is -0.705. The predicted molar refractivity (Wildman–Crippen MR) is 93.2 cm³/mol. The summed E-state index contributed by atoms with van der Waals surface area (Å²) >= 11 is 6.35. The lowest BCUT2D eigenvalue weighted by molar-refractivity contribution is 0.00578. The van der Waals surface area contributed by atoms with E-state index in [2.05, 4.69) is 38.7 Å². The van der Waals surface area contributed by atoms with Crippen LogP contribution in [0.1, 0.15) is 47.0 Å².